The molecule has 2 aromatic carbocycles. The molecular formula is C15H11BrN2O. The van der Waals surface area contributed by atoms with E-state index in [2.05, 4.69) is 26.1 Å². The van der Waals surface area contributed by atoms with E-state index in [0.29, 0.717) is 11.7 Å². The predicted molar refractivity (Wildman–Crippen MR) is 77.6 cm³/mol. The topological polar surface area (TPSA) is 38.9 Å². The highest BCUT2D eigenvalue weighted by molar-refractivity contribution is 9.10. The van der Waals surface area contributed by atoms with E-state index >= 15 is 0 Å². The Morgan fingerprint density at radius 1 is 1.05 bits per heavy atom. The van der Waals surface area contributed by atoms with Gasteiger partial charge in [-0.3, -0.25) is 0 Å². The summed E-state index contributed by atoms with van der Waals surface area (Å²) in [6.45, 7) is 2.03. The van der Waals surface area contributed by atoms with Crippen LogP contribution >= 0.6 is 15.9 Å². The number of halogens is 1. The molecule has 3 rings (SSSR count). The fourth-order valence-electron chi connectivity index (χ4n) is 1.90. The summed E-state index contributed by atoms with van der Waals surface area (Å²) >= 11 is 3.43. The van der Waals surface area contributed by atoms with Crippen LogP contribution in [0.4, 0.5) is 0 Å². The van der Waals surface area contributed by atoms with Crippen LogP contribution in [0.5, 0.6) is 0 Å². The molecule has 0 bridgehead atoms. The minimum Gasteiger partial charge on any atom is -0.334 e. The molecule has 0 radical (unpaired) electrons. The molecule has 0 aliphatic rings. The van der Waals surface area contributed by atoms with Crippen LogP contribution in [0.1, 0.15) is 5.56 Å². The molecule has 0 N–H and O–H groups in total. The summed E-state index contributed by atoms with van der Waals surface area (Å²) in [6.07, 6.45) is 0. The van der Waals surface area contributed by atoms with Crippen LogP contribution in [0, 0.1) is 6.92 Å². The van der Waals surface area contributed by atoms with Crippen molar-refractivity contribution in [3.63, 3.8) is 0 Å². The molecule has 0 spiro atoms. The SMILES string of the molecule is Cc1ccccc1-c1noc(-c2cccc(Br)c2)n1. The van der Waals surface area contributed by atoms with Gasteiger partial charge >= 0.3 is 0 Å². The second-order valence-corrected chi connectivity index (χ2v) is 5.16. The summed E-state index contributed by atoms with van der Waals surface area (Å²) in [5, 5.41) is 4.05. The summed E-state index contributed by atoms with van der Waals surface area (Å²) in [5.41, 5.74) is 3.03. The Labute approximate surface area is 119 Å². The van der Waals surface area contributed by atoms with E-state index in [1.165, 1.54) is 0 Å². The molecule has 0 atom stereocenters. The second-order valence-electron chi connectivity index (χ2n) is 4.25. The van der Waals surface area contributed by atoms with Crippen molar-refractivity contribution in [3.05, 3.63) is 58.6 Å². The lowest BCUT2D eigenvalue weighted by atomic mass is 10.1. The van der Waals surface area contributed by atoms with Gasteiger partial charge in [-0.2, -0.15) is 4.98 Å². The standard InChI is InChI=1S/C15H11BrN2O/c1-10-5-2-3-8-13(10)14-17-15(19-18-14)11-6-4-7-12(16)9-11/h2-9H,1H3. The van der Waals surface area contributed by atoms with E-state index in [0.717, 1.165) is 21.2 Å². The fourth-order valence-corrected chi connectivity index (χ4v) is 2.29. The lowest BCUT2D eigenvalue weighted by Crippen LogP contribution is -1.84. The van der Waals surface area contributed by atoms with Crippen molar-refractivity contribution in [1.29, 1.82) is 0 Å². The minimum absolute atomic E-state index is 0.527. The van der Waals surface area contributed by atoms with Gasteiger partial charge in [0.2, 0.25) is 5.82 Å². The monoisotopic (exact) mass is 314 g/mol. The van der Waals surface area contributed by atoms with E-state index in [9.17, 15) is 0 Å². The van der Waals surface area contributed by atoms with Gasteiger partial charge in [0, 0.05) is 15.6 Å². The van der Waals surface area contributed by atoms with Gasteiger partial charge in [0.05, 0.1) is 0 Å². The lowest BCUT2D eigenvalue weighted by molar-refractivity contribution is 0.432. The normalized spacial score (nSPS) is 10.6. The van der Waals surface area contributed by atoms with Gasteiger partial charge in [-0.15, -0.1) is 0 Å². The number of hydrogen-bond acceptors (Lipinski definition) is 3. The highest BCUT2D eigenvalue weighted by Gasteiger charge is 2.11. The van der Waals surface area contributed by atoms with Crippen molar-refractivity contribution in [1.82, 2.24) is 10.1 Å². The zero-order valence-corrected chi connectivity index (χ0v) is 11.9. The zero-order valence-electron chi connectivity index (χ0n) is 10.3. The largest absolute Gasteiger partial charge is 0.334 e. The highest BCUT2D eigenvalue weighted by Crippen LogP contribution is 2.25. The molecule has 0 aliphatic heterocycles. The third-order valence-corrected chi connectivity index (χ3v) is 3.38. The summed E-state index contributed by atoms with van der Waals surface area (Å²) < 4.78 is 6.32. The van der Waals surface area contributed by atoms with Gasteiger partial charge in [-0.1, -0.05) is 51.4 Å². The Morgan fingerprint density at radius 2 is 1.89 bits per heavy atom. The van der Waals surface area contributed by atoms with Crippen LogP contribution in [0.2, 0.25) is 0 Å². The number of nitrogens with zero attached hydrogens (tertiary/aromatic N) is 2. The van der Waals surface area contributed by atoms with Crippen LogP contribution in [-0.4, -0.2) is 10.1 Å². The summed E-state index contributed by atoms with van der Waals surface area (Å²) in [5.74, 6) is 1.15. The molecule has 3 nitrogen and oxygen atoms in total. The Morgan fingerprint density at radius 3 is 2.68 bits per heavy atom. The number of aryl methyl sites for hydroxylation is 1. The Bertz CT molecular complexity index is 721. The van der Waals surface area contributed by atoms with Gasteiger partial charge in [0.1, 0.15) is 0 Å². The van der Waals surface area contributed by atoms with E-state index in [1.807, 2.05) is 55.5 Å². The molecule has 1 heterocycles. The van der Waals surface area contributed by atoms with Crippen LogP contribution in [0.3, 0.4) is 0 Å². The molecule has 0 fully saturated rings. The van der Waals surface area contributed by atoms with Crippen molar-refractivity contribution >= 4 is 15.9 Å². The number of aromatic nitrogens is 2. The first-order valence-electron chi connectivity index (χ1n) is 5.90. The molecule has 0 aliphatic carbocycles. The van der Waals surface area contributed by atoms with Crippen molar-refractivity contribution in [2.24, 2.45) is 0 Å². The van der Waals surface area contributed by atoms with Gasteiger partial charge in [-0.05, 0) is 30.7 Å². The first-order chi connectivity index (χ1) is 9.24. The Kier molecular flexibility index (Phi) is 3.17. The molecule has 1 aromatic heterocycles. The number of rotatable bonds is 2. The van der Waals surface area contributed by atoms with E-state index in [4.69, 9.17) is 4.52 Å². The summed E-state index contributed by atoms with van der Waals surface area (Å²) in [7, 11) is 0. The van der Waals surface area contributed by atoms with Gasteiger partial charge in [-0.25, -0.2) is 0 Å². The second kappa shape index (κ2) is 4.97. The number of benzene rings is 2. The van der Waals surface area contributed by atoms with Gasteiger partial charge in [0.25, 0.3) is 5.89 Å². The quantitative estimate of drug-likeness (QED) is 0.700. The maximum absolute atomic E-state index is 5.33. The van der Waals surface area contributed by atoms with Gasteiger partial charge in [0.15, 0.2) is 0 Å². The van der Waals surface area contributed by atoms with Crippen LogP contribution < -0.4 is 0 Å². The molecule has 4 heteroatoms. The Balaban J connectivity index is 2.03. The van der Waals surface area contributed by atoms with Crippen molar-refractivity contribution < 1.29 is 4.52 Å². The van der Waals surface area contributed by atoms with Crippen LogP contribution in [0.25, 0.3) is 22.8 Å². The molecule has 19 heavy (non-hydrogen) atoms. The number of hydrogen-bond donors (Lipinski definition) is 0. The molecule has 0 amide bonds. The van der Waals surface area contributed by atoms with E-state index in [1.54, 1.807) is 0 Å². The van der Waals surface area contributed by atoms with E-state index < -0.39 is 0 Å². The average molecular weight is 315 g/mol. The maximum atomic E-state index is 5.33. The van der Waals surface area contributed by atoms with Crippen molar-refractivity contribution in [3.8, 4) is 22.8 Å². The van der Waals surface area contributed by atoms with Crippen molar-refractivity contribution in [2.45, 2.75) is 6.92 Å². The smallest absolute Gasteiger partial charge is 0.258 e. The Hall–Kier alpha value is -1.94. The molecular weight excluding hydrogens is 304 g/mol. The van der Waals surface area contributed by atoms with Crippen LogP contribution in [-0.2, 0) is 0 Å². The van der Waals surface area contributed by atoms with Crippen molar-refractivity contribution in [2.75, 3.05) is 0 Å². The van der Waals surface area contributed by atoms with Crippen LogP contribution in [0.15, 0.2) is 57.5 Å². The molecule has 0 saturated carbocycles. The first kappa shape index (κ1) is 12.1. The molecule has 3 aromatic rings. The third kappa shape index (κ3) is 2.44. The predicted octanol–water partition coefficient (Wildman–Crippen LogP) is 4.47. The highest BCUT2D eigenvalue weighted by atomic mass is 79.9. The maximum Gasteiger partial charge on any atom is 0.258 e. The molecule has 94 valence electrons. The summed E-state index contributed by atoms with van der Waals surface area (Å²) in [4.78, 5) is 4.45. The van der Waals surface area contributed by atoms with Gasteiger partial charge < -0.3 is 4.52 Å². The minimum atomic E-state index is 0.527. The van der Waals surface area contributed by atoms with E-state index in [-0.39, 0.29) is 0 Å². The fraction of sp³-hybridized carbons (Fsp3) is 0.0667. The lowest BCUT2D eigenvalue weighted by Gasteiger charge is -1.98. The molecule has 0 unspecified atom stereocenters. The zero-order chi connectivity index (χ0) is 13.2. The third-order valence-electron chi connectivity index (χ3n) is 2.88. The first-order valence-corrected chi connectivity index (χ1v) is 6.69. The molecule has 0 saturated heterocycles. The summed E-state index contributed by atoms with van der Waals surface area (Å²) in [6, 6.07) is 15.8. The average Bonchev–Trinajstić information content (AvgIpc) is 2.89.